The van der Waals surface area contributed by atoms with Crippen molar-refractivity contribution in [1.82, 2.24) is 9.97 Å². The first-order valence-electron chi connectivity index (χ1n) is 9.20. The van der Waals surface area contributed by atoms with Crippen molar-refractivity contribution in [3.05, 3.63) is 46.1 Å². The van der Waals surface area contributed by atoms with E-state index in [1.54, 1.807) is 30.2 Å². The van der Waals surface area contributed by atoms with Crippen LogP contribution in [0.5, 0.6) is 5.75 Å². The van der Waals surface area contributed by atoms with Crippen LogP contribution >= 0.6 is 23.1 Å². The maximum atomic E-state index is 12.9. The normalized spacial score (nSPS) is 14.8. The first-order valence-corrected chi connectivity index (χ1v) is 10.9. The van der Waals surface area contributed by atoms with E-state index in [1.807, 2.05) is 38.1 Å². The number of Topliss-reactive ketones (excluding diaryl/α,β-unsaturated/α-hetero) is 1. The van der Waals surface area contributed by atoms with Crippen LogP contribution in [0.1, 0.15) is 46.4 Å². The summed E-state index contributed by atoms with van der Waals surface area (Å²) >= 11 is 3.35. The zero-order chi connectivity index (χ0) is 19.0. The number of hydrogen-bond donors (Lipinski definition) is 0. The van der Waals surface area contributed by atoms with Crippen LogP contribution in [0.2, 0.25) is 0 Å². The van der Waals surface area contributed by atoms with E-state index in [0.717, 1.165) is 34.3 Å². The lowest BCUT2D eigenvalue weighted by Crippen LogP contribution is -2.14. The van der Waals surface area contributed by atoms with Crippen molar-refractivity contribution in [2.24, 2.45) is 0 Å². The number of ether oxygens (including phenoxy) is 1. The van der Waals surface area contributed by atoms with Crippen molar-refractivity contribution in [2.45, 2.75) is 49.8 Å². The van der Waals surface area contributed by atoms with Gasteiger partial charge < -0.3 is 4.74 Å². The fourth-order valence-corrected chi connectivity index (χ4v) is 5.99. The average Bonchev–Trinajstić information content (AvgIpc) is 3.05. The summed E-state index contributed by atoms with van der Waals surface area (Å²) in [4.78, 5) is 24.8. The molecule has 2 heterocycles. The van der Waals surface area contributed by atoms with Crippen LogP contribution in [0.25, 0.3) is 10.2 Å². The molecule has 4 nitrogen and oxygen atoms in total. The fourth-order valence-electron chi connectivity index (χ4n) is 3.52. The van der Waals surface area contributed by atoms with Crippen molar-refractivity contribution in [1.29, 1.82) is 0 Å². The molecule has 0 radical (unpaired) electrons. The second-order valence-corrected chi connectivity index (χ2v) is 9.23. The Labute approximate surface area is 167 Å². The number of ketones is 1. The quantitative estimate of drug-likeness (QED) is 0.334. The van der Waals surface area contributed by atoms with Crippen LogP contribution < -0.4 is 4.74 Å². The minimum absolute atomic E-state index is 0.108. The van der Waals surface area contributed by atoms with Gasteiger partial charge in [0, 0.05) is 15.8 Å². The van der Waals surface area contributed by atoms with E-state index in [0.29, 0.717) is 5.56 Å². The van der Waals surface area contributed by atoms with Crippen molar-refractivity contribution < 1.29 is 9.53 Å². The molecule has 6 heteroatoms. The van der Waals surface area contributed by atoms with Crippen molar-refractivity contribution in [3.8, 4) is 5.75 Å². The summed E-state index contributed by atoms with van der Waals surface area (Å²) in [6.45, 7) is 3.89. The standard InChI is InChI=1S/C21H22N2O2S2/c1-12(19(24)14-8-10-15(25-3)11-9-14)26-20-18-16-6-4-5-7-17(16)27-21(18)23-13(2)22-20/h8-12H,4-7H2,1-3H3/t12-/m1/s1. The molecule has 0 saturated heterocycles. The largest absolute Gasteiger partial charge is 0.497 e. The molecule has 0 saturated carbocycles. The van der Waals surface area contributed by atoms with Crippen LogP contribution in [-0.4, -0.2) is 28.1 Å². The number of thiophene rings is 1. The molecule has 1 aliphatic rings. The smallest absolute Gasteiger partial charge is 0.175 e. The highest BCUT2D eigenvalue weighted by Gasteiger charge is 2.24. The van der Waals surface area contributed by atoms with Crippen LogP contribution in [0, 0.1) is 6.92 Å². The van der Waals surface area contributed by atoms with Gasteiger partial charge in [-0.3, -0.25) is 4.79 Å². The van der Waals surface area contributed by atoms with Gasteiger partial charge in [-0.1, -0.05) is 11.8 Å². The zero-order valence-corrected chi connectivity index (χ0v) is 17.4. The van der Waals surface area contributed by atoms with Gasteiger partial charge in [-0.2, -0.15) is 0 Å². The molecule has 1 aromatic carbocycles. The molecule has 3 aromatic rings. The Morgan fingerprint density at radius 3 is 2.67 bits per heavy atom. The van der Waals surface area contributed by atoms with Crippen molar-refractivity contribution in [3.63, 3.8) is 0 Å². The van der Waals surface area contributed by atoms with Crippen LogP contribution in [-0.2, 0) is 12.8 Å². The monoisotopic (exact) mass is 398 g/mol. The van der Waals surface area contributed by atoms with Gasteiger partial charge in [0.1, 0.15) is 21.4 Å². The van der Waals surface area contributed by atoms with Gasteiger partial charge in [-0.05, 0) is 69.4 Å². The van der Waals surface area contributed by atoms with Crippen LogP contribution in [0.15, 0.2) is 29.3 Å². The van der Waals surface area contributed by atoms with E-state index in [1.165, 1.54) is 28.7 Å². The maximum absolute atomic E-state index is 12.9. The number of hydrogen-bond acceptors (Lipinski definition) is 6. The van der Waals surface area contributed by atoms with Gasteiger partial charge in [-0.15, -0.1) is 11.3 Å². The molecule has 1 atom stereocenters. The molecular weight excluding hydrogens is 376 g/mol. The Balaban J connectivity index is 1.65. The minimum Gasteiger partial charge on any atom is -0.497 e. The molecule has 27 heavy (non-hydrogen) atoms. The molecule has 1 aliphatic carbocycles. The maximum Gasteiger partial charge on any atom is 0.175 e. The topological polar surface area (TPSA) is 52.1 Å². The molecule has 0 spiro atoms. The molecule has 0 bridgehead atoms. The molecule has 4 rings (SSSR count). The Hall–Kier alpha value is -1.92. The van der Waals surface area contributed by atoms with Gasteiger partial charge >= 0.3 is 0 Å². The lowest BCUT2D eigenvalue weighted by Gasteiger charge is -2.14. The van der Waals surface area contributed by atoms with E-state index >= 15 is 0 Å². The Bertz CT molecular complexity index is 996. The first-order chi connectivity index (χ1) is 13.1. The van der Waals surface area contributed by atoms with Crippen LogP contribution in [0.4, 0.5) is 0 Å². The minimum atomic E-state index is -0.213. The van der Waals surface area contributed by atoms with E-state index in [2.05, 4.69) is 4.98 Å². The third-order valence-corrected chi connectivity index (χ3v) is 7.20. The number of carbonyl (C=O) groups excluding carboxylic acids is 1. The summed E-state index contributed by atoms with van der Waals surface area (Å²) in [5.74, 6) is 1.63. The van der Waals surface area contributed by atoms with Crippen LogP contribution in [0.3, 0.4) is 0 Å². The van der Waals surface area contributed by atoms with Gasteiger partial charge in [0.2, 0.25) is 0 Å². The third kappa shape index (κ3) is 3.60. The predicted octanol–water partition coefficient (Wildman–Crippen LogP) is 5.25. The summed E-state index contributed by atoms with van der Waals surface area (Å²) in [5.41, 5.74) is 2.11. The van der Waals surface area contributed by atoms with Gasteiger partial charge in [0.05, 0.1) is 12.4 Å². The number of aryl methyl sites for hydroxylation is 3. The summed E-state index contributed by atoms with van der Waals surface area (Å²) in [6, 6.07) is 7.30. The fraction of sp³-hybridized carbons (Fsp3) is 0.381. The predicted molar refractivity (Wildman–Crippen MR) is 111 cm³/mol. The third-order valence-electron chi connectivity index (χ3n) is 4.93. The number of methoxy groups -OCH3 is 1. The molecule has 2 aromatic heterocycles. The van der Waals surface area contributed by atoms with Gasteiger partial charge in [0.25, 0.3) is 0 Å². The molecular formula is C21H22N2O2S2. The summed E-state index contributed by atoms with van der Waals surface area (Å²) in [6.07, 6.45) is 4.70. The number of fused-ring (bicyclic) bond motifs is 3. The molecule has 0 unspecified atom stereocenters. The Kier molecular flexibility index (Phi) is 5.19. The summed E-state index contributed by atoms with van der Waals surface area (Å²) < 4.78 is 5.18. The lowest BCUT2D eigenvalue weighted by atomic mass is 9.97. The summed E-state index contributed by atoms with van der Waals surface area (Å²) in [7, 11) is 1.62. The SMILES string of the molecule is COc1ccc(C(=O)[C@@H](C)Sc2nc(C)nc3sc4c(c23)CCCC4)cc1. The first kappa shape index (κ1) is 18.4. The molecule has 0 fully saturated rings. The second kappa shape index (κ2) is 7.60. The number of thioether (sulfide) groups is 1. The molecule has 0 amide bonds. The summed E-state index contributed by atoms with van der Waals surface area (Å²) in [5, 5.41) is 1.92. The molecule has 140 valence electrons. The molecule has 0 aliphatic heterocycles. The van der Waals surface area contributed by atoms with E-state index in [-0.39, 0.29) is 11.0 Å². The number of benzene rings is 1. The number of rotatable bonds is 5. The zero-order valence-electron chi connectivity index (χ0n) is 15.7. The van der Waals surface area contributed by atoms with E-state index < -0.39 is 0 Å². The van der Waals surface area contributed by atoms with Crippen molar-refractivity contribution >= 4 is 39.1 Å². The van der Waals surface area contributed by atoms with Gasteiger partial charge in [0.15, 0.2) is 5.78 Å². The highest BCUT2D eigenvalue weighted by atomic mass is 32.2. The average molecular weight is 399 g/mol. The number of nitrogens with zero attached hydrogens (tertiary/aromatic N) is 2. The van der Waals surface area contributed by atoms with Crippen molar-refractivity contribution in [2.75, 3.05) is 7.11 Å². The van der Waals surface area contributed by atoms with Gasteiger partial charge in [-0.25, -0.2) is 9.97 Å². The second-order valence-electron chi connectivity index (χ2n) is 6.82. The Morgan fingerprint density at radius 1 is 1.19 bits per heavy atom. The highest BCUT2D eigenvalue weighted by molar-refractivity contribution is 8.00. The molecule has 0 N–H and O–H groups in total. The lowest BCUT2D eigenvalue weighted by molar-refractivity contribution is 0.0994. The Morgan fingerprint density at radius 2 is 1.93 bits per heavy atom. The number of carbonyl (C=O) groups is 1. The van der Waals surface area contributed by atoms with E-state index in [9.17, 15) is 4.79 Å². The highest BCUT2D eigenvalue weighted by Crippen LogP contribution is 2.40. The van der Waals surface area contributed by atoms with E-state index in [4.69, 9.17) is 9.72 Å². The number of aromatic nitrogens is 2.